The average molecular weight is 219 g/mol. The minimum absolute atomic E-state index is 0.602. The Morgan fingerprint density at radius 1 is 1.50 bits per heavy atom. The zero-order valence-electron chi connectivity index (χ0n) is 10.2. The summed E-state index contributed by atoms with van der Waals surface area (Å²) in [6, 6.07) is 4.87. The second kappa shape index (κ2) is 4.83. The molecule has 2 N–H and O–H groups in total. The van der Waals surface area contributed by atoms with Crippen LogP contribution in [0.4, 0.5) is 5.82 Å². The molecule has 1 aliphatic rings. The first kappa shape index (κ1) is 11.4. The number of pyridine rings is 1. The van der Waals surface area contributed by atoms with Crippen LogP contribution in [0.25, 0.3) is 0 Å². The summed E-state index contributed by atoms with van der Waals surface area (Å²) in [6.45, 7) is 6.14. The lowest BCUT2D eigenvalue weighted by Crippen LogP contribution is -2.27. The highest BCUT2D eigenvalue weighted by molar-refractivity contribution is 5.44. The lowest BCUT2D eigenvalue weighted by molar-refractivity contribution is 0.724. The normalized spacial score (nSPS) is 20.4. The molecule has 88 valence electrons. The van der Waals surface area contributed by atoms with Gasteiger partial charge >= 0.3 is 0 Å². The number of anilines is 1. The van der Waals surface area contributed by atoms with Gasteiger partial charge in [-0.05, 0) is 43.9 Å². The highest BCUT2D eigenvalue weighted by Crippen LogP contribution is 2.24. The zero-order valence-corrected chi connectivity index (χ0v) is 10.2. The summed E-state index contributed by atoms with van der Waals surface area (Å²) in [4.78, 5) is 7.10. The molecule has 0 saturated carbocycles. The molecule has 2 rings (SSSR count). The van der Waals surface area contributed by atoms with Crippen molar-refractivity contribution < 1.29 is 0 Å². The number of hydrogen-bond acceptors (Lipinski definition) is 3. The van der Waals surface area contributed by atoms with E-state index >= 15 is 0 Å². The summed E-state index contributed by atoms with van der Waals surface area (Å²) >= 11 is 0. The van der Waals surface area contributed by atoms with Gasteiger partial charge in [0.25, 0.3) is 0 Å². The quantitative estimate of drug-likeness (QED) is 0.846. The minimum atomic E-state index is 0.602. The molecule has 0 bridgehead atoms. The van der Waals surface area contributed by atoms with Gasteiger partial charge in [-0.25, -0.2) is 4.98 Å². The first-order valence-electron chi connectivity index (χ1n) is 6.21. The van der Waals surface area contributed by atoms with E-state index in [9.17, 15) is 0 Å². The van der Waals surface area contributed by atoms with Crippen molar-refractivity contribution in [2.45, 2.75) is 45.7 Å². The average Bonchev–Trinajstić information content (AvgIpc) is 2.74. The predicted molar refractivity (Wildman–Crippen MR) is 67.5 cm³/mol. The highest BCUT2D eigenvalue weighted by Gasteiger charge is 2.21. The van der Waals surface area contributed by atoms with Crippen LogP contribution >= 0.6 is 0 Å². The predicted octanol–water partition coefficient (Wildman–Crippen LogP) is 2.09. The molecule has 0 aromatic carbocycles. The van der Waals surface area contributed by atoms with Gasteiger partial charge in [0.1, 0.15) is 5.82 Å². The maximum Gasteiger partial charge on any atom is 0.129 e. The van der Waals surface area contributed by atoms with E-state index in [-0.39, 0.29) is 0 Å². The van der Waals surface area contributed by atoms with Gasteiger partial charge in [0.05, 0.1) is 0 Å². The molecule has 0 amide bonds. The molecule has 1 aromatic heterocycles. The summed E-state index contributed by atoms with van der Waals surface area (Å²) in [5.41, 5.74) is 8.07. The Morgan fingerprint density at radius 3 is 2.88 bits per heavy atom. The third-order valence-electron chi connectivity index (χ3n) is 3.37. The van der Waals surface area contributed by atoms with Crippen LogP contribution in [0, 0.1) is 0 Å². The fourth-order valence-electron chi connectivity index (χ4n) is 2.35. The second-order valence-electron chi connectivity index (χ2n) is 4.57. The van der Waals surface area contributed by atoms with Crippen LogP contribution in [0.15, 0.2) is 12.1 Å². The number of hydrogen-bond donors (Lipinski definition) is 1. The van der Waals surface area contributed by atoms with Crippen molar-refractivity contribution in [2.75, 3.05) is 11.4 Å². The summed E-state index contributed by atoms with van der Waals surface area (Å²) < 4.78 is 0. The molecule has 0 radical (unpaired) electrons. The molecular formula is C13H21N3. The van der Waals surface area contributed by atoms with Crippen LogP contribution in [0.5, 0.6) is 0 Å². The molecular weight excluding hydrogens is 198 g/mol. The smallest absolute Gasteiger partial charge is 0.129 e. The molecule has 0 aliphatic carbocycles. The molecule has 0 spiro atoms. The molecule has 3 nitrogen and oxygen atoms in total. The van der Waals surface area contributed by atoms with Gasteiger partial charge in [-0.3, -0.25) is 0 Å². The molecule has 1 saturated heterocycles. The zero-order chi connectivity index (χ0) is 11.5. The van der Waals surface area contributed by atoms with E-state index in [0.29, 0.717) is 12.6 Å². The van der Waals surface area contributed by atoms with Crippen LogP contribution in [0.2, 0.25) is 0 Å². The van der Waals surface area contributed by atoms with Crippen molar-refractivity contribution in [3.8, 4) is 0 Å². The second-order valence-corrected chi connectivity index (χ2v) is 4.57. The first-order chi connectivity index (χ1) is 7.74. The van der Waals surface area contributed by atoms with E-state index in [1.165, 1.54) is 18.4 Å². The largest absolute Gasteiger partial charge is 0.354 e. The van der Waals surface area contributed by atoms with E-state index in [4.69, 9.17) is 10.7 Å². The molecule has 1 aliphatic heterocycles. The van der Waals surface area contributed by atoms with Crippen LogP contribution < -0.4 is 10.6 Å². The van der Waals surface area contributed by atoms with Gasteiger partial charge in [-0.15, -0.1) is 0 Å². The topological polar surface area (TPSA) is 42.1 Å². The van der Waals surface area contributed by atoms with Crippen molar-refractivity contribution in [1.82, 2.24) is 4.98 Å². The fourth-order valence-corrected chi connectivity index (χ4v) is 2.35. The van der Waals surface area contributed by atoms with Crippen LogP contribution in [0.1, 0.15) is 37.9 Å². The SMILES string of the molecule is CCc1cc(CN)cc(N2CCCC2C)n1. The molecule has 16 heavy (non-hydrogen) atoms. The summed E-state index contributed by atoms with van der Waals surface area (Å²) in [6.07, 6.45) is 3.52. The van der Waals surface area contributed by atoms with Crippen molar-refractivity contribution >= 4 is 5.82 Å². The van der Waals surface area contributed by atoms with Gasteiger partial charge in [0.2, 0.25) is 0 Å². The van der Waals surface area contributed by atoms with Gasteiger partial charge in [0, 0.05) is 24.8 Å². The van der Waals surface area contributed by atoms with Gasteiger partial charge in [0.15, 0.2) is 0 Å². The molecule has 3 heteroatoms. The number of aromatic nitrogens is 1. The lowest BCUT2D eigenvalue weighted by Gasteiger charge is -2.23. The maximum atomic E-state index is 5.73. The fraction of sp³-hybridized carbons (Fsp3) is 0.615. The van der Waals surface area contributed by atoms with Gasteiger partial charge in [-0.1, -0.05) is 6.92 Å². The van der Waals surface area contributed by atoms with E-state index < -0.39 is 0 Å². The van der Waals surface area contributed by atoms with Crippen LogP contribution in [-0.4, -0.2) is 17.6 Å². The molecule has 1 unspecified atom stereocenters. The van der Waals surface area contributed by atoms with Gasteiger partial charge in [-0.2, -0.15) is 0 Å². The highest BCUT2D eigenvalue weighted by atomic mass is 15.2. The number of rotatable bonds is 3. The summed E-state index contributed by atoms with van der Waals surface area (Å²) in [7, 11) is 0. The Hall–Kier alpha value is -1.09. The Labute approximate surface area is 97.7 Å². The summed E-state index contributed by atoms with van der Waals surface area (Å²) in [5, 5.41) is 0. The Kier molecular flexibility index (Phi) is 3.44. The number of aryl methyl sites for hydroxylation is 1. The minimum Gasteiger partial charge on any atom is -0.354 e. The Bertz CT molecular complexity index is 340. The van der Waals surface area contributed by atoms with E-state index in [0.717, 1.165) is 24.5 Å². The molecule has 2 heterocycles. The molecule has 1 aromatic rings. The van der Waals surface area contributed by atoms with Crippen LogP contribution in [-0.2, 0) is 13.0 Å². The molecule has 1 fully saturated rings. The summed E-state index contributed by atoms with van der Waals surface area (Å²) in [5.74, 6) is 1.12. The van der Waals surface area contributed by atoms with Crippen molar-refractivity contribution in [3.63, 3.8) is 0 Å². The first-order valence-corrected chi connectivity index (χ1v) is 6.21. The van der Waals surface area contributed by atoms with E-state index in [2.05, 4.69) is 30.9 Å². The van der Waals surface area contributed by atoms with Crippen molar-refractivity contribution in [2.24, 2.45) is 5.73 Å². The van der Waals surface area contributed by atoms with E-state index in [1.807, 2.05) is 0 Å². The van der Waals surface area contributed by atoms with Crippen LogP contribution in [0.3, 0.4) is 0 Å². The number of nitrogens with zero attached hydrogens (tertiary/aromatic N) is 2. The lowest BCUT2D eigenvalue weighted by atomic mass is 10.2. The Balaban J connectivity index is 2.31. The van der Waals surface area contributed by atoms with Gasteiger partial charge < -0.3 is 10.6 Å². The third kappa shape index (κ3) is 2.19. The van der Waals surface area contributed by atoms with Crippen molar-refractivity contribution in [3.05, 3.63) is 23.4 Å². The molecule has 1 atom stereocenters. The standard InChI is InChI=1S/C13H21N3/c1-3-12-7-11(9-14)8-13(15-12)16-6-4-5-10(16)2/h7-8,10H,3-6,9,14H2,1-2H3. The monoisotopic (exact) mass is 219 g/mol. The van der Waals surface area contributed by atoms with Crippen molar-refractivity contribution in [1.29, 1.82) is 0 Å². The van der Waals surface area contributed by atoms with E-state index in [1.54, 1.807) is 0 Å². The Morgan fingerprint density at radius 2 is 2.31 bits per heavy atom. The number of nitrogens with two attached hydrogens (primary N) is 1. The third-order valence-corrected chi connectivity index (χ3v) is 3.37. The maximum absolute atomic E-state index is 5.73.